The molecule has 0 aliphatic carbocycles. The number of pyridine rings is 1. The van der Waals surface area contributed by atoms with E-state index in [1.807, 2.05) is 11.5 Å². The van der Waals surface area contributed by atoms with E-state index in [1.54, 1.807) is 0 Å². The Balaban J connectivity index is 2.63. The van der Waals surface area contributed by atoms with Gasteiger partial charge >= 0.3 is 0 Å². The lowest BCUT2D eigenvalue weighted by Gasteiger charge is -2.16. The molecule has 0 fully saturated rings. The minimum Gasteiger partial charge on any atom is -0.326 e. The quantitative estimate of drug-likeness (QED) is 0.916. The molecule has 3 nitrogen and oxygen atoms in total. The third kappa shape index (κ3) is 3.08. The fraction of sp³-hybridized carbons (Fsp3) is 0.389. The number of benzene rings is 1. The Hall–Kier alpha value is -1.87. The van der Waals surface area contributed by atoms with Gasteiger partial charge in [0.1, 0.15) is 0 Å². The molecule has 0 radical (unpaired) electrons. The molecule has 0 saturated heterocycles. The van der Waals surface area contributed by atoms with Crippen LogP contribution in [0.4, 0.5) is 0 Å². The van der Waals surface area contributed by atoms with E-state index in [0.29, 0.717) is 6.54 Å². The van der Waals surface area contributed by atoms with E-state index < -0.39 is 0 Å². The van der Waals surface area contributed by atoms with E-state index in [-0.39, 0.29) is 5.56 Å². The summed E-state index contributed by atoms with van der Waals surface area (Å²) in [4.78, 5) is 12.6. The number of aromatic nitrogens is 1. The third-order valence-electron chi connectivity index (χ3n) is 3.93. The maximum atomic E-state index is 12.6. The average Bonchev–Trinajstić information content (AvgIpc) is 2.50. The highest BCUT2D eigenvalue weighted by Crippen LogP contribution is 2.21. The normalized spacial score (nSPS) is 10.9. The summed E-state index contributed by atoms with van der Waals surface area (Å²) in [5.41, 5.74) is 10.9. The molecule has 0 aliphatic rings. The van der Waals surface area contributed by atoms with E-state index in [1.165, 1.54) is 5.56 Å². The van der Waals surface area contributed by atoms with Gasteiger partial charge in [0.15, 0.2) is 0 Å². The van der Waals surface area contributed by atoms with Crippen molar-refractivity contribution >= 4 is 0 Å². The lowest BCUT2D eigenvalue weighted by Crippen LogP contribution is -2.28. The second-order valence-corrected chi connectivity index (χ2v) is 5.40. The van der Waals surface area contributed by atoms with Gasteiger partial charge in [-0.3, -0.25) is 4.79 Å². The van der Waals surface area contributed by atoms with Crippen molar-refractivity contribution < 1.29 is 0 Å². The van der Waals surface area contributed by atoms with Gasteiger partial charge in [-0.25, -0.2) is 0 Å². The molecule has 2 aromatic rings. The molecular formula is C18H24N2O. The molecular weight excluding hydrogens is 260 g/mol. The van der Waals surface area contributed by atoms with Crippen molar-refractivity contribution in [1.82, 2.24) is 4.57 Å². The van der Waals surface area contributed by atoms with Crippen molar-refractivity contribution in [2.75, 3.05) is 0 Å². The van der Waals surface area contributed by atoms with Crippen molar-refractivity contribution in [2.24, 2.45) is 5.73 Å². The lowest BCUT2D eigenvalue weighted by atomic mass is 10.0. The second-order valence-electron chi connectivity index (χ2n) is 5.40. The summed E-state index contributed by atoms with van der Waals surface area (Å²) in [7, 11) is 0. The first-order valence-electron chi connectivity index (χ1n) is 7.65. The molecule has 0 aliphatic heterocycles. The fourth-order valence-corrected chi connectivity index (χ4v) is 2.66. The summed E-state index contributed by atoms with van der Waals surface area (Å²) < 4.78 is 1.86. The van der Waals surface area contributed by atoms with Gasteiger partial charge in [-0.15, -0.1) is 0 Å². The van der Waals surface area contributed by atoms with E-state index in [4.69, 9.17) is 5.73 Å². The van der Waals surface area contributed by atoms with Gasteiger partial charge in [-0.05, 0) is 42.5 Å². The predicted octanol–water partition coefficient (Wildman–Crippen LogP) is 3.25. The van der Waals surface area contributed by atoms with E-state index in [0.717, 1.165) is 41.8 Å². The second kappa shape index (κ2) is 6.72. The van der Waals surface area contributed by atoms with Crippen LogP contribution in [-0.2, 0) is 19.5 Å². The van der Waals surface area contributed by atoms with Crippen LogP contribution in [0.1, 0.15) is 37.0 Å². The minimum absolute atomic E-state index is 0.0499. The third-order valence-corrected chi connectivity index (χ3v) is 3.93. The molecule has 0 bridgehead atoms. The lowest BCUT2D eigenvalue weighted by molar-refractivity contribution is 0.652. The number of hydrogen-bond donors (Lipinski definition) is 1. The standard InChI is InChI=1S/C18H24N2O/c1-4-10-20-17(11-13(3)16(12-19)18(20)21)15-8-6-14(5-2)7-9-15/h6-9,11H,4-5,10,12,19H2,1-3H3. The Kier molecular flexibility index (Phi) is 4.97. The molecule has 0 spiro atoms. The van der Waals surface area contributed by atoms with Gasteiger partial charge in [0.05, 0.1) is 5.69 Å². The van der Waals surface area contributed by atoms with Crippen LogP contribution < -0.4 is 11.3 Å². The van der Waals surface area contributed by atoms with Gasteiger partial charge in [0, 0.05) is 18.7 Å². The largest absolute Gasteiger partial charge is 0.326 e. The molecule has 0 atom stereocenters. The first-order chi connectivity index (χ1) is 10.1. The minimum atomic E-state index is 0.0499. The zero-order valence-corrected chi connectivity index (χ0v) is 13.1. The molecule has 2 N–H and O–H groups in total. The summed E-state index contributed by atoms with van der Waals surface area (Å²) in [6, 6.07) is 10.5. The van der Waals surface area contributed by atoms with Crippen molar-refractivity contribution in [1.29, 1.82) is 0 Å². The molecule has 112 valence electrons. The molecule has 1 aromatic heterocycles. The summed E-state index contributed by atoms with van der Waals surface area (Å²) in [5, 5.41) is 0. The number of nitrogens with two attached hydrogens (primary N) is 1. The Labute approximate surface area is 126 Å². The Morgan fingerprint density at radius 2 is 1.81 bits per heavy atom. The van der Waals surface area contributed by atoms with E-state index in [9.17, 15) is 4.79 Å². The monoisotopic (exact) mass is 284 g/mol. The maximum absolute atomic E-state index is 12.6. The average molecular weight is 284 g/mol. The molecule has 2 rings (SSSR count). The highest BCUT2D eigenvalue weighted by atomic mass is 16.1. The summed E-state index contributed by atoms with van der Waals surface area (Å²) >= 11 is 0. The predicted molar refractivity (Wildman–Crippen MR) is 88.4 cm³/mol. The van der Waals surface area contributed by atoms with Crippen LogP contribution in [0.5, 0.6) is 0 Å². The maximum Gasteiger partial charge on any atom is 0.255 e. The SMILES string of the molecule is CCCn1c(-c2ccc(CC)cc2)cc(C)c(CN)c1=O. The van der Waals surface area contributed by atoms with Gasteiger partial charge in [0.25, 0.3) is 5.56 Å². The van der Waals surface area contributed by atoms with Crippen LogP contribution in [0.15, 0.2) is 35.1 Å². The van der Waals surface area contributed by atoms with Gasteiger partial charge in [-0.1, -0.05) is 38.1 Å². The number of hydrogen-bond acceptors (Lipinski definition) is 2. The van der Waals surface area contributed by atoms with E-state index in [2.05, 4.69) is 44.2 Å². The number of rotatable bonds is 5. The van der Waals surface area contributed by atoms with Crippen molar-refractivity contribution in [3.05, 3.63) is 57.4 Å². The molecule has 3 heteroatoms. The highest BCUT2D eigenvalue weighted by molar-refractivity contribution is 5.61. The smallest absolute Gasteiger partial charge is 0.255 e. The van der Waals surface area contributed by atoms with Gasteiger partial charge in [0.2, 0.25) is 0 Å². The van der Waals surface area contributed by atoms with Crippen molar-refractivity contribution in [3.8, 4) is 11.3 Å². The Morgan fingerprint density at radius 1 is 1.14 bits per heavy atom. The van der Waals surface area contributed by atoms with Gasteiger partial charge in [-0.2, -0.15) is 0 Å². The molecule has 21 heavy (non-hydrogen) atoms. The Bertz CT molecular complexity index is 669. The highest BCUT2D eigenvalue weighted by Gasteiger charge is 2.12. The van der Waals surface area contributed by atoms with Crippen molar-refractivity contribution in [2.45, 2.75) is 46.7 Å². The number of nitrogens with zero attached hydrogens (tertiary/aromatic N) is 1. The molecule has 1 heterocycles. The van der Waals surface area contributed by atoms with Crippen LogP contribution >= 0.6 is 0 Å². The van der Waals surface area contributed by atoms with Gasteiger partial charge < -0.3 is 10.3 Å². The molecule has 1 aromatic carbocycles. The topological polar surface area (TPSA) is 48.0 Å². The van der Waals surface area contributed by atoms with Crippen LogP contribution in [0.25, 0.3) is 11.3 Å². The zero-order chi connectivity index (χ0) is 15.4. The van der Waals surface area contributed by atoms with Crippen LogP contribution in [0.3, 0.4) is 0 Å². The number of aryl methyl sites for hydroxylation is 2. The van der Waals surface area contributed by atoms with Crippen LogP contribution in [0.2, 0.25) is 0 Å². The van der Waals surface area contributed by atoms with Crippen LogP contribution in [0, 0.1) is 6.92 Å². The fourth-order valence-electron chi connectivity index (χ4n) is 2.66. The summed E-state index contributed by atoms with van der Waals surface area (Å²) in [5.74, 6) is 0. The molecule has 0 amide bonds. The summed E-state index contributed by atoms with van der Waals surface area (Å²) in [6.45, 7) is 7.20. The van der Waals surface area contributed by atoms with Crippen molar-refractivity contribution in [3.63, 3.8) is 0 Å². The van der Waals surface area contributed by atoms with Crippen LogP contribution in [-0.4, -0.2) is 4.57 Å². The Morgan fingerprint density at radius 3 is 2.33 bits per heavy atom. The zero-order valence-electron chi connectivity index (χ0n) is 13.1. The molecule has 0 unspecified atom stereocenters. The first-order valence-corrected chi connectivity index (χ1v) is 7.65. The first kappa shape index (κ1) is 15.5. The molecule has 0 saturated carbocycles. The summed E-state index contributed by atoms with van der Waals surface area (Å²) in [6.07, 6.45) is 1.94. The van der Waals surface area contributed by atoms with E-state index >= 15 is 0 Å².